The summed E-state index contributed by atoms with van der Waals surface area (Å²) in [7, 11) is 0. The molecule has 0 aromatic heterocycles. The Morgan fingerprint density at radius 3 is 2.69 bits per heavy atom. The summed E-state index contributed by atoms with van der Waals surface area (Å²) in [5.74, 6) is 0. The molecule has 0 aliphatic heterocycles. The first kappa shape index (κ1) is 13.8. The Bertz CT molecular complexity index is 353. The van der Waals surface area contributed by atoms with Gasteiger partial charge in [-0.2, -0.15) is 0 Å². The smallest absolute Gasteiger partial charge is 0.101 e. The van der Waals surface area contributed by atoms with Crippen molar-refractivity contribution in [2.24, 2.45) is 0 Å². The van der Waals surface area contributed by atoms with Gasteiger partial charge < -0.3 is 10.4 Å². The highest BCUT2D eigenvalue weighted by Crippen LogP contribution is 2.32. The zero-order valence-electron chi connectivity index (χ0n) is 9.56. The molecule has 0 heterocycles. The van der Waals surface area contributed by atoms with Gasteiger partial charge in [-0.05, 0) is 26.0 Å². The van der Waals surface area contributed by atoms with Crippen molar-refractivity contribution in [2.75, 3.05) is 13.1 Å². The Morgan fingerprint density at radius 1 is 1.38 bits per heavy atom. The van der Waals surface area contributed by atoms with E-state index in [1.807, 2.05) is 0 Å². The quantitative estimate of drug-likeness (QED) is 0.799. The highest BCUT2D eigenvalue weighted by molar-refractivity contribution is 6.42. The van der Waals surface area contributed by atoms with Crippen LogP contribution in [-0.4, -0.2) is 18.2 Å². The number of benzene rings is 1. The van der Waals surface area contributed by atoms with Crippen LogP contribution in [0.25, 0.3) is 0 Å². The van der Waals surface area contributed by atoms with Crippen LogP contribution < -0.4 is 5.32 Å². The third kappa shape index (κ3) is 3.36. The average molecular weight is 262 g/mol. The van der Waals surface area contributed by atoms with Gasteiger partial charge in [0.2, 0.25) is 0 Å². The van der Waals surface area contributed by atoms with Crippen molar-refractivity contribution < 1.29 is 5.11 Å². The van der Waals surface area contributed by atoms with E-state index >= 15 is 0 Å². The number of aliphatic hydroxyl groups is 1. The normalized spacial score (nSPS) is 14.8. The van der Waals surface area contributed by atoms with Gasteiger partial charge in [-0.1, -0.05) is 42.3 Å². The van der Waals surface area contributed by atoms with Crippen LogP contribution in [0.15, 0.2) is 18.2 Å². The van der Waals surface area contributed by atoms with Crippen molar-refractivity contribution in [3.8, 4) is 0 Å². The Hall–Kier alpha value is -0.280. The fourth-order valence-corrected chi connectivity index (χ4v) is 2.03. The molecule has 0 saturated carbocycles. The number of rotatable bonds is 5. The summed E-state index contributed by atoms with van der Waals surface area (Å²) in [6.45, 7) is 5.14. The predicted octanol–water partition coefficient (Wildman–Crippen LogP) is 3.20. The standard InChI is InChI=1S/C12H17Cl2NO/c1-3-7-15-8-12(2,16)9-5-4-6-10(13)11(9)14/h4-6,15-16H,3,7-8H2,1-2H3. The number of hydrogen-bond acceptors (Lipinski definition) is 2. The summed E-state index contributed by atoms with van der Waals surface area (Å²) < 4.78 is 0. The first-order valence-corrected chi connectivity index (χ1v) is 6.12. The first-order chi connectivity index (χ1) is 7.49. The van der Waals surface area contributed by atoms with Crippen LogP contribution >= 0.6 is 23.2 Å². The van der Waals surface area contributed by atoms with Crippen molar-refractivity contribution in [1.82, 2.24) is 5.32 Å². The van der Waals surface area contributed by atoms with Gasteiger partial charge >= 0.3 is 0 Å². The van der Waals surface area contributed by atoms with E-state index < -0.39 is 5.60 Å². The number of nitrogens with one attached hydrogen (secondary N) is 1. The van der Waals surface area contributed by atoms with Gasteiger partial charge in [0.05, 0.1) is 10.0 Å². The molecule has 1 rings (SSSR count). The molecule has 2 N–H and O–H groups in total. The van der Waals surface area contributed by atoms with E-state index in [0.717, 1.165) is 13.0 Å². The van der Waals surface area contributed by atoms with Gasteiger partial charge in [-0.3, -0.25) is 0 Å². The Kier molecular flexibility index (Phi) is 5.06. The second kappa shape index (κ2) is 5.87. The molecule has 0 radical (unpaired) electrons. The summed E-state index contributed by atoms with van der Waals surface area (Å²) in [6, 6.07) is 5.29. The molecule has 1 aromatic carbocycles. The lowest BCUT2D eigenvalue weighted by molar-refractivity contribution is 0.0573. The third-order valence-corrected chi connectivity index (χ3v) is 3.25. The highest BCUT2D eigenvalue weighted by atomic mass is 35.5. The Morgan fingerprint density at radius 2 is 2.06 bits per heavy atom. The number of hydrogen-bond donors (Lipinski definition) is 2. The molecule has 1 aromatic rings. The summed E-state index contributed by atoms with van der Waals surface area (Å²) in [6.07, 6.45) is 1.03. The van der Waals surface area contributed by atoms with E-state index in [4.69, 9.17) is 23.2 Å². The maximum atomic E-state index is 10.3. The molecule has 0 aliphatic carbocycles. The predicted molar refractivity (Wildman–Crippen MR) is 69.2 cm³/mol. The zero-order chi connectivity index (χ0) is 12.2. The van der Waals surface area contributed by atoms with Gasteiger partial charge in [0, 0.05) is 12.1 Å². The van der Waals surface area contributed by atoms with Crippen molar-refractivity contribution in [3.63, 3.8) is 0 Å². The molecule has 0 spiro atoms. The molecule has 4 heteroatoms. The topological polar surface area (TPSA) is 32.3 Å². The molecule has 90 valence electrons. The van der Waals surface area contributed by atoms with E-state index in [2.05, 4.69) is 12.2 Å². The fraction of sp³-hybridized carbons (Fsp3) is 0.500. The SMILES string of the molecule is CCCNCC(C)(O)c1cccc(Cl)c1Cl. The largest absolute Gasteiger partial charge is 0.384 e. The lowest BCUT2D eigenvalue weighted by Gasteiger charge is -2.25. The second-order valence-corrected chi connectivity index (χ2v) is 4.84. The minimum absolute atomic E-state index is 0.424. The van der Waals surface area contributed by atoms with Crippen molar-refractivity contribution in [2.45, 2.75) is 25.9 Å². The fourth-order valence-electron chi connectivity index (χ4n) is 1.52. The van der Waals surface area contributed by atoms with Crippen LogP contribution in [0.5, 0.6) is 0 Å². The molecule has 0 amide bonds. The van der Waals surface area contributed by atoms with Gasteiger partial charge in [0.25, 0.3) is 0 Å². The minimum atomic E-state index is -1.00. The van der Waals surface area contributed by atoms with Crippen LogP contribution in [0.2, 0.25) is 10.0 Å². The molecule has 0 bridgehead atoms. The van der Waals surface area contributed by atoms with Crippen molar-refractivity contribution in [3.05, 3.63) is 33.8 Å². The highest BCUT2D eigenvalue weighted by Gasteiger charge is 2.25. The molecule has 1 atom stereocenters. The molecule has 0 aliphatic rings. The van der Waals surface area contributed by atoms with Crippen molar-refractivity contribution >= 4 is 23.2 Å². The van der Waals surface area contributed by atoms with Crippen LogP contribution in [0, 0.1) is 0 Å². The van der Waals surface area contributed by atoms with Crippen LogP contribution in [-0.2, 0) is 5.60 Å². The number of halogens is 2. The molecular formula is C12H17Cl2NO. The maximum Gasteiger partial charge on any atom is 0.101 e. The second-order valence-electron chi connectivity index (χ2n) is 4.05. The van der Waals surface area contributed by atoms with E-state index in [1.165, 1.54) is 0 Å². The molecule has 0 saturated heterocycles. The molecule has 1 unspecified atom stereocenters. The van der Waals surface area contributed by atoms with Crippen LogP contribution in [0.4, 0.5) is 0 Å². The summed E-state index contributed by atoms with van der Waals surface area (Å²) in [5, 5.41) is 14.4. The average Bonchev–Trinajstić information content (AvgIpc) is 2.22. The van der Waals surface area contributed by atoms with E-state index in [9.17, 15) is 5.11 Å². The van der Waals surface area contributed by atoms with E-state index in [-0.39, 0.29) is 0 Å². The summed E-state index contributed by atoms with van der Waals surface area (Å²) in [4.78, 5) is 0. The lowest BCUT2D eigenvalue weighted by atomic mass is 9.96. The van der Waals surface area contributed by atoms with Gasteiger partial charge in [0.15, 0.2) is 0 Å². The molecule has 16 heavy (non-hydrogen) atoms. The van der Waals surface area contributed by atoms with E-state index in [1.54, 1.807) is 25.1 Å². The molecular weight excluding hydrogens is 245 g/mol. The van der Waals surface area contributed by atoms with Crippen LogP contribution in [0.3, 0.4) is 0 Å². The lowest BCUT2D eigenvalue weighted by Crippen LogP contribution is -2.36. The maximum absolute atomic E-state index is 10.3. The monoisotopic (exact) mass is 261 g/mol. The third-order valence-electron chi connectivity index (χ3n) is 2.43. The van der Waals surface area contributed by atoms with Gasteiger partial charge in [0.1, 0.15) is 5.60 Å². The minimum Gasteiger partial charge on any atom is -0.384 e. The van der Waals surface area contributed by atoms with Gasteiger partial charge in [-0.15, -0.1) is 0 Å². The first-order valence-electron chi connectivity index (χ1n) is 5.36. The summed E-state index contributed by atoms with van der Waals surface area (Å²) >= 11 is 12.0. The van der Waals surface area contributed by atoms with Gasteiger partial charge in [-0.25, -0.2) is 0 Å². The summed E-state index contributed by atoms with van der Waals surface area (Å²) in [5.41, 5.74) is -0.345. The molecule has 0 fully saturated rings. The van der Waals surface area contributed by atoms with Crippen molar-refractivity contribution in [1.29, 1.82) is 0 Å². The Labute approximate surface area is 107 Å². The van der Waals surface area contributed by atoms with Crippen LogP contribution in [0.1, 0.15) is 25.8 Å². The zero-order valence-corrected chi connectivity index (χ0v) is 11.1. The van der Waals surface area contributed by atoms with E-state index in [0.29, 0.717) is 22.2 Å². The Balaban J connectivity index is 2.84. The molecule has 2 nitrogen and oxygen atoms in total.